The Balaban J connectivity index is 1.18. The molecule has 1 atom stereocenters. The minimum absolute atomic E-state index is 0.0851. The molecule has 3 heterocycles. The number of hydrogen-bond acceptors (Lipinski definition) is 7. The molecule has 0 saturated carbocycles. The fourth-order valence-corrected chi connectivity index (χ4v) is 5.78. The zero-order valence-corrected chi connectivity index (χ0v) is 24.2. The maximum absolute atomic E-state index is 13.0. The number of carbonyl (C=O) groups is 3. The van der Waals surface area contributed by atoms with Gasteiger partial charge in [0.15, 0.2) is 6.29 Å². The number of halogens is 1. The number of methoxy groups -OCH3 is 1. The summed E-state index contributed by atoms with van der Waals surface area (Å²) < 4.78 is 16.4. The summed E-state index contributed by atoms with van der Waals surface area (Å²) in [5, 5.41) is 5.77. The zero-order valence-electron chi connectivity index (χ0n) is 23.4. The predicted octanol–water partition coefficient (Wildman–Crippen LogP) is 6.65. The van der Waals surface area contributed by atoms with E-state index in [-0.39, 0.29) is 29.0 Å². The van der Waals surface area contributed by atoms with Gasteiger partial charge in [-0.25, -0.2) is 9.59 Å². The summed E-state index contributed by atoms with van der Waals surface area (Å²) in [4.78, 5) is 38.8. The molecular formula is C32H34ClN3O6. The van der Waals surface area contributed by atoms with Crippen LogP contribution in [0.5, 0.6) is 5.75 Å². The molecule has 3 aromatic rings. The Morgan fingerprint density at radius 2 is 1.76 bits per heavy atom. The monoisotopic (exact) mass is 591 g/mol. The Morgan fingerprint density at radius 3 is 2.45 bits per heavy atom. The molecular weight excluding hydrogens is 558 g/mol. The number of hydrogen-bond donors (Lipinski definition) is 2. The molecule has 0 spiro atoms. The van der Waals surface area contributed by atoms with Gasteiger partial charge in [0, 0.05) is 18.2 Å². The topological polar surface area (TPSA) is 106 Å². The number of ether oxygens (including phenoxy) is 3. The Bertz CT molecular complexity index is 1430. The Morgan fingerprint density at radius 1 is 1.00 bits per heavy atom. The van der Waals surface area contributed by atoms with E-state index in [2.05, 4.69) is 15.5 Å². The number of nitrogens with zero attached hydrogens (tertiary/aromatic N) is 1. The Labute approximate surface area is 250 Å². The molecule has 3 aromatic carbocycles. The van der Waals surface area contributed by atoms with E-state index in [0.29, 0.717) is 36.5 Å². The molecule has 2 N–H and O–H groups in total. The molecule has 3 aliphatic heterocycles. The van der Waals surface area contributed by atoms with E-state index in [1.54, 1.807) is 0 Å². The molecule has 10 heteroatoms. The summed E-state index contributed by atoms with van der Waals surface area (Å²) in [6, 6.07) is 18.7. The van der Waals surface area contributed by atoms with Crippen molar-refractivity contribution < 1.29 is 28.6 Å². The van der Waals surface area contributed by atoms with Gasteiger partial charge in [0.05, 0.1) is 35.7 Å². The van der Waals surface area contributed by atoms with E-state index in [0.717, 1.165) is 49.2 Å². The lowest BCUT2D eigenvalue weighted by atomic mass is 9.86. The number of rotatable bonds is 10. The van der Waals surface area contributed by atoms with E-state index >= 15 is 0 Å². The van der Waals surface area contributed by atoms with Gasteiger partial charge in [0.25, 0.3) is 0 Å². The highest BCUT2D eigenvalue weighted by Crippen LogP contribution is 2.33. The normalized spacial score (nSPS) is 19.0. The lowest BCUT2D eigenvalue weighted by Gasteiger charge is -2.43. The van der Waals surface area contributed by atoms with Crippen molar-refractivity contribution in [2.24, 2.45) is 5.92 Å². The summed E-state index contributed by atoms with van der Waals surface area (Å²) in [6.07, 6.45) is 2.73. The van der Waals surface area contributed by atoms with Crippen LogP contribution in [0.4, 0.5) is 21.0 Å². The quantitative estimate of drug-likeness (QED) is 0.201. The highest BCUT2D eigenvalue weighted by Gasteiger charge is 2.36. The number of amides is 2. The number of benzene rings is 3. The summed E-state index contributed by atoms with van der Waals surface area (Å²) in [5.41, 5.74) is 4.09. The molecule has 2 amide bonds. The van der Waals surface area contributed by atoms with Crippen molar-refractivity contribution in [1.29, 1.82) is 0 Å². The van der Waals surface area contributed by atoms with E-state index in [4.69, 9.17) is 25.8 Å². The molecule has 3 fully saturated rings. The second kappa shape index (κ2) is 13.7. The predicted molar refractivity (Wildman–Crippen MR) is 162 cm³/mol. The largest absolute Gasteiger partial charge is 0.496 e. The molecule has 2 bridgehead atoms. The van der Waals surface area contributed by atoms with Gasteiger partial charge in [-0.1, -0.05) is 54.1 Å². The first kappa shape index (κ1) is 29.4. The van der Waals surface area contributed by atoms with Crippen LogP contribution in [0.25, 0.3) is 11.1 Å². The van der Waals surface area contributed by atoms with Crippen molar-refractivity contribution >= 4 is 41.4 Å². The van der Waals surface area contributed by atoms with Gasteiger partial charge >= 0.3 is 12.2 Å². The SMILES string of the molecule is COc1cc(NC(=O)OCCCc2ccc(-c3ccccc3)c(NC(=O)O[C@H]3CN4CCC3CC4)c2)c(Cl)cc1C=O. The van der Waals surface area contributed by atoms with Crippen molar-refractivity contribution in [2.45, 2.75) is 31.8 Å². The summed E-state index contributed by atoms with van der Waals surface area (Å²) in [7, 11) is 1.42. The maximum atomic E-state index is 13.0. The fourth-order valence-electron chi connectivity index (χ4n) is 5.56. The van der Waals surface area contributed by atoms with Crippen molar-refractivity contribution in [3.8, 4) is 16.9 Å². The lowest BCUT2D eigenvalue weighted by Crippen LogP contribution is -2.52. The molecule has 0 aromatic heterocycles. The second-order valence-electron chi connectivity index (χ2n) is 10.5. The number of fused-ring (bicyclic) bond motifs is 3. The van der Waals surface area contributed by atoms with Crippen molar-refractivity contribution in [3.05, 3.63) is 76.8 Å². The lowest BCUT2D eigenvalue weighted by molar-refractivity contribution is -0.0289. The van der Waals surface area contributed by atoms with Crippen LogP contribution in [-0.2, 0) is 15.9 Å². The van der Waals surface area contributed by atoms with Gasteiger partial charge in [-0.05, 0) is 68.0 Å². The molecule has 42 heavy (non-hydrogen) atoms. The Kier molecular flexibility index (Phi) is 9.61. The number of carbonyl (C=O) groups excluding carboxylic acids is 3. The van der Waals surface area contributed by atoms with Crippen LogP contribution in [0.2, 0.25) is 5.02 Å². The molecule has 6 rings (SSSR count). The van der Waals surface area contributed by atoms with Crippen LogP contribution in [0.15, 0.2) is 60.7 Å². The highest BCUT2D eigenvalue weighted by atomic mass is 35.5. The Hall–Kier alpha value is -4.08. The van der Waals surface area contributed by atoms with Crippen molar-refractivity contribution in [2.75, 3.05) is 44.0 Å². The van der Waals surface area contributed by atoms with Crippen LogP contribution >= 0.6 is 11.6 Å². The number of anilines is 2. The van der Waals surface area contributed by atoms with Crippen molar-refractivity contribution in [1.82, 2.24) is 4.90 Å². The van der Waals surface area contributed by atoms with Crippen molar-refractivity contribution in [3.63, 3.8) is 0 Å². The molecule has 0 unspecified atom stereocenters. The third kappa shape index (κ3) is 7.21. The summed E-state index contributed by atoms with van der Waals surface area (Å²) >= 11 is 6.18. The maximum Gasteiger partial charge on any atom is 0.411 e. The standard InChI is InChI=1S/C32H34ClN3O6/c1-40-29-18-28(26(33)17-24(29)20-37)35-31(38)41-15-5-6-21-9-10-25(22-7-3-2-4-8-22)27(16-21)34-32(39)42-30-19-36-13-11-23(30)12-14-36/h2-4,7-10,16-18,20,23,30H,5-6,11-15,19H2,1H3,(H,34,39)(H,35,38)/t30-/m0/s1. The average Bonchev–Trinajstić information content (AvgIpc) is 3.01. The molecule has 3 saturated heterocycles. The van der Waals surface area contributed by atoms with E-state index in [9.17, 15) is 14.4 Å². The van der Waals surface area contributed by atoms with Crippen LogP contribution in [-0.4, -0.2) is 62.8 Å². The number of aldehydes is 1. The third-order valence-corrected chi connectivity index (χ3v) is 8.10. The first-order valence-corrected chi connectivity index (χ1v) is 14.5. The molecule has 0 radical (unpaired) electrons. The van der Waals surface area contributed by atoms with Crippen LogP contribution in [0, 0.1) is 5.92 Å². The minimum Gasteiger partial charge on any atom is -0.496 e. The van der Waals surface area contributed by atoms with Gasteiger partial charge < -0.3 is 14.2 Å². The molecule has 3 aliphatic rings. The zero-order chi connectivity index (χ0) is 29.5. The van der Waals surface area contributed by atoms with Crippen LogP contribution in [0.3, 0.4) is 0 Å². The summed E-state index contributed by atoms with van der Waals surface area (Å²) in [5.74, 6) is 0.715. The van der Waals surface area contributed by atoms with Gasteiger partial charge in [-0.3, -0.25) is 20.3 Å². The molecule has 9 nitrogen and oxygen atoms in total. The second-order valence-corrected chi connectivity index (χ2v) is 10.9. The molecule has 220 valence electrons. The van der Waals surface area contributed by atoms with E-state index in [1.165, 1.54) is 19.2 Å². The van der Waals surface area contributed by atoms with Crippen LogP contribution < -0.4 is 15.4 Å². The smallest absolute Gasteiger partial charge is 0.411 e. The minimum atomic E-state index is -0.671. The van der Waals surface area contributed by atoms with Gasteiger partial charge in [0.1, 0.15) is 11.9 Å². The van der Waals surface area contributed by atoms with Gasteiger partial charge in [0.2, 0.25) is 0 Å². The van der Waals surface area contributed by atoms with Crippen LogP contribution in [0.1, 0.15) is 35.2 Å². The molecule has 0 aliphatic carbocycles. The number of nitrogens with one attached hydrogen (secondary N) is 2. The fraction of sp³-hybridized carbons (Fsp3) is 0.344. The van der Waals surface area contributed by atoms with E-state index < -0.39 is 12.2 Å². The number of piperidine rings is 3. The first-order chi connectivity index (χ1) is 20.4. The third-order valence-electron chi connectivity index (χ3n) is 7.79. The summed E-state index contributed by atoms with van der Waals surface area (Å²) in [6.45, 7) is 3.11. The average molecular weight is 592 g/mol. The van der Waals surface area contributed by atoms with E-state index in [1.807, 2.05) is 48.5 Å². The first-order valence-electron chi connectivity index (χ1n) is 14.1. The highest BCUT2D eigenvalue weighted by molar-refractivity contribution is 6.34. The number of aryl methyl sites for hydroxylation is 1. The van der Waals surface area contributed by atoms with Gasteiger partial charge in [-0.15, -0.1) is 0 Å². The van der Waals surface area contributed by atoms with Gasteiger partial charge in [-0.2, -0.15) is 0 Å².